The van der Waals surface area contributed by atoms with Crippen LogP contribution in [0.15, 0.2) is 65.9 Å². The van der Waals surface area contributed by atoms with Gasteiger partial charge in [-0.1, -0.05) is 42.5 Å². The fraction of sp³-hybridized carbons (Fsp3) is 0.182. The quantitative estimate of drug-likeness (QED) is 0.441. The molecule has 7 nitrogen and oxygen atoms in total. The predicted molar refractivity (Wildman–Crippen MR) is 106 cm³/mol. The van der Waals surface area contributed by atoms with Gasteiger partial charge >= 0.3 is 5.97 Å². The minimum Gasteiger partial charge on any atom is -0.454 e. The molecule has 0 saturated carbocycles. The van der Waals surface area contributed by atoms with Gasteiger partial charge in [0.2, 0.25) is 5.78 Å². The third-order valence-electron chi connectivity index (χ3n) is 4.11. The van der Waals surface area contributed by atoms with Crippen LogP contribution in [-0.2, 0) is 16.1 Å². The minimum atomic E-state index is -0.831. The van der Waals surface area contributed by atoms with Crippen LogP contribution < -0.4 is 5.73 Å². The molecule has 7 heteroatoms. The summed E-state index contributed by atoms with van der Waals surface area (Å²) in [4.78, 5) is 38.8. The molecule has 0 unspecified atom stereocenters. The zero-order valence-electron chi connectivity index (χ0n) is 16.2. The number of nitrogens with two attached hydrogens (primary N) is 1. The summed E-state index contributed by atoms with van der Waals surface area (Å²) in [5.41, 5.74) is 6.41. The van der Waals surface area contributed by atoms with Gasteiger partial charge < -0.3 is 15.4 Å². The third kappa shape index (κ3) is 5.53. The van der Waals surface area contributed by atoms with E-state index in [1.165, 1.54) is 24.0 Å². The molecule has 0 aromatic heterocycles. The van der Waals surface area contributed by atoms with E-state index in [0.29, 0.717) is 6.54 Å². The molecule has 2 rings (SSSR count). The second-order valence-corrected chi connectivity index (χ2v) is 6.36. The summed E-state index contributed by atoms with van der Waals surface area (Å²) in [6.07, 6.45) is 0. The molecule has 0 heterocycles. The molecule has 1 amide bonds. The molecule has 2 aromatic carbocycles. The fourth-order valence-electron chi connectivity index (χ4n) is 2.63. The lowest BCUT2D eigenvalue weighted by molar-refractivity contribution is -0.118. The summed E-state index contributed by atoms with van der Waals surface area (Å²) >= 11 is 0. The van der Waals surface area contributed by atoms with Crippen LogP contribution in [0.3, 0.4) is 0 Å². The van der Waals surface area contributed by atoms with E-state index in [9.17, 15) is 14.4 Å². The van der Waals surface area contributed by atoms with Crippen LogP contribution in [0.1, 0.15) is 33.2 Å². The minimum absolute atomic E-state index is 0.0390. The molecule has 2 aromatic rings. The molecule has 0 aliphatic rings. The van der Waals surface area contributed by atoms with Crippen LogP contribution in [0.2, 0.25) is 0 Å². The van der Waals surface area contributed by atoms with E-state index < -0.39 is 18.4 Å². The number of hydrogen-bond donors (Lipinski definition) is 1. The summed E-state index contributed by atoms with van der Waals surface area (Å²) in [5, 5.41) is 8.95. The van der Waals surface area contributed by atoms with E-state index in [-0.39, 0.29) is 28.3 Å². The molecule has 29 heavy (non-hydrogen) atoms. The summed E-state index contributed by atoms with van der Waals surface area (Å²) in [6.45, 7) is 1.14. The smallest absolute Gasteiger partial charge is 0.339 e. The molecule has 0 fully saturated rings. The second-order valence-electron chi connectivity index (χ2n) is 6.36. The third-order valence-corrected chi connectivity index (χ3v) is 4.11. The van der Waals surface area contributed by atoms with Crippen molar-refractivity contribution in [3.63, 3.8) is 0 Å². The Balaban J connectivity index is 2.14. The van der Waals surface area contributed by atoms with E-state index in [2.05, 4.69) is 0 Å². The zero-order chi connectivity index (χ0) is 21.4. The van der Waals surface area contributed by atoms with Crippen LogP contribution in [0.4, 0.5) is 0 Å². The Morgan fingerprint density at radius 2 is 1.62 bits per heavy atom. The lowest BCUT2D eigenvalue weighted by Crippen LogP contribution is -2.28. The number of allylic oxidation sites excluding steroid dienone is 1. The fourth-order valence-corrected chi connectivity index (χ4v) is 2.63. The number of nitrogens with zero attached hydrogens (tertiary/aromatic N) is 2. The molecule has 0 atom stereocenters. The molecular formula is C22H21N3O4. The van der Waals surface area contributed by atoms with Crippen molar-refractivity contribution in [1.29, 1.82) is 5.26 Å². The van der Waals surface area contributed by atoms with Crippen molar-refractivity contribution >= 4 is 17.7 Å². The zero-order valence-corrected chi connectivity index (χ0v) is 16.2. The normalized spacial score (nSPS) is 11.1. The summed E-state index contributed by atoms with van der Waals surface area (Å²) in [7, 11) is 1.63. The van der Waals surface area contributed by atoms with Gasteiger partial charge in [-0.2, -0.15) is 5.26 Å². The maximum Gasteiger partial charge on any atom is 0.339 e. The highest BCUT2D eigenvalue weighted by Crippen LogP contribution is 2.15. The standard InChI is InChI=1S/C22H21N3O4/c1-15(24)19(12-23)20(26)14-29-22(28)18-11-7-6-10-17(18)21(27)25(2)13-16-8-4-3-5-9-16/h3-11H,13-14,24H2,1-2H3/b19-15-. The second kappa shape index (κ2) is 9.85. The molecular weight excluding hydrogens is 370 g/mol. The van der Waals surface area contributed by atoms with E-state index in [1.54, 1.807) is 25.2 Å². The summed E-state index contributed by atoms with van der Waals surface area (Å²) in [5.74, 6) is -1.89. The number of rotatable bonds is 7. The SMILES string of the molecule is C/C(N)=C(\C#N)C(=O)COC(=O)c1ccccc1C(=O)N(C)Cc1ccccc1. The summed E-state index contributed by atoms with van der Waals surface area (Å²) in [6, 6.07) is 17.3. The van der Waals surface area contributed by atoms with E-state index in [0.717, 1.165) is 5.56 Å². The molecule has 0 aliphatic heterocycles. The first-order chi connectivity index (χ1) is 13.8. The number of ketones is 1. The van der Waals surface area contributed by atoms with Crippen molar-refractivity contribution in [3.05, 3.63) is 82.6 Å². The van der Waals surface area contributed by atoms with Crippen molar-refractivity contribution in [3.8, 4) is 6.07 Å². The first-order valence-corrected chi connectivity index (χ1v) is 8.80. The Hall–Kier alpha value is -3.92. The highest BCUT2D eigenvalue weighted by molar-refractivity contribution is 6.06. The molecule has 2 N–H and O–H groups in total. The lowest BCUT2D eigenvalue weighted by Gasteiger charge is -2.19. The molecule has 0 saturated heterocycles. The van der Waals surface area contributed by atoms with Crippen LogP contribution in [0.25, 0.3) is 0 Å². The van der Waals surface area contributed by atoms with Gasteiger partial charge in [-0.25, -0.2) is 4.79 Å². The van der Waals surface area contributed by atoms with Gasteiger partial charge in [0.1, 0.15) is 11.6 Å². The highest BCUT2D eigenvalue weighted by atomic mass is 16.5. The maximum atomic E-state index is 12.8. The first kappa shape index (κ1) is 21.4. The number of carbonyl (C=O) groups is 3. The molecule has 0 spiro atoms. The van der Waals surface area contributed by atoms with E-state index in [1.807, 2.05) is 30.3 Å². The number of ether oxygens (including phenoxy) is 1. The molecule has 0 bridgehead atoms. The maximum absolute atomic E-state index is 12.8. The van der Waals surface area contributed by atoms with Crippen molar-refractivity contribution in [2.45, 2.75) is 13.5 Å². The Morgan fingerprint density at radius 1 is 1.03 bits per heavy atom. The molecule has 0 radical (unpaired) electrons. The Morgan fingerprint density at radius 3 is 2.21 bits per heavy atom. The topological polar surface area (TPSA) is 113 Å². The molecule has 148 valence electrons. The van der Waals surface area contributed by atoms with Crippen LogP contribution >= 0.6 is 0 Å². The monoisotopic (exact) mass is 391 g/mol. The average molecular weight is 391 g/mol. The number of amides is 1. The Kier molecular flexibility index (Phi) is 7.26. The highest BCUT2D eigenvalue weighted by Gasteiger charge is 2.22. The van der Waals surface area contributed by atoms with Gasteiger partial charge in [0, 0.05) is 19.3 Å². The van der Waals surface area contributed by atoms with Crippen LogP contribution in [-0.4, -0.2) is 36.2 Å². The van der Waals surface area contributed by atoms with Gasteiger partial charge in [-0.3, -0.25) is 9.59 Å². The van der Waals surface area contributed by atoms with Crippen molar-refractivity contribution in [2.75, 3.05) is 13.7 Å². The van der Waals surface area contributed by atoms with Gasteiger partial charge in [-0.15, -0.1) is 0 Å². The van der Waals surface area contributed by atoms with Crippen LogP contribution in [0, 0.1) is 11.3 Å². The van der Waals surface area contributed by atoms with Gasteiger partial charge in [0.25, 0.3) is 5.91 Å². The van der Waals surface area contributed by atoms with Gasteiger partial charge in [0.15, 0.2) is 6.61 Å². The first-order valence-electron chi connectivity index (χ1n) is 8.80. The summed E-state index contributed by atoms with van der Waals surface area (Å²) < 4.78 is 5.01. The number of nitriles is 1. The van der Waals surface area contributed by atoms with Gasteiger partial charge in [-0.05, 0) is 24.6 Å². The molecule has 0 aliphatic carbocycles. The Labute approximate surface area is 169 Å². The number of Topliss-reactive ketones (excluding diaryl/α,β-unsaturated/α-hetero) is 1. The van der Waals surface area contributed by atoms with Crippen LogP contribution in [0.5, 0.6) is 0 Å². The van der Waals surface area contributed by atoms with Crippen molar-refractivity contribution in [2.24, 2.45) is 5.73 Å². The number of benzene rings is 2. The number of carbonyl (C=O) groups excluding carboxylic acids is 3. The number of hydrogen-bond acceptors (Lipinski definition) is 6. The number of esters is 1. The van der Waals surface area contributed by atoms with E-state index >= 15 is 0 Å². The van der Waals surface area contributed by atoms with Crippen molar-refractivity contribution < 1.29 is 19.1 Å². The lowest BCUT2D eigenvalue weighted by atomic mass is 10.1. The average Bonchev–Trinajstić information content (AvgIpc) is 2.72. The van der Waals surface area contributed by atoms with Crippen molar-refractivity contribution in [1.82, 2.24) is 4.90 Å². The predicted octanol–water partition coefficient (Wildman–Crippen LogP) is 2.44. The largest absolute Gasteiger partial charge is 0.454 e. The van der Waals surface area contributed by atoms with Gasteiger partial charge in [0.05, 0.1) is 11.1 Å². The Bertz CT molecular complexity index is 987. The van der Waals surface area contributed by atoms with E-state index in [4.69, 9.17) is 15.7 Å².